The smallest absolute Gasteiger partial charge is 0.313 e. The summed E-state index contributed by atoms with van der Waals surface area (Å²) in [5.41, 5.74) is 0.918. The van der Waals surface area contributed by atoms with Crippen LogP contribution in [0.2, 0.25) is 0 Å². The first-order valence-corrected chi connectivity index (χ1v) is 7.36. The molecular formula is C12H10INO3S. The number of rotatable bonds is 5. The van der Waals surface area contributed by atoms with E-state index in [9.17, 15) is 4.79 Å². The maximum atomic E-state index is 10.3. The molecule has 0 atom stereocenters. The maximum Gasteiger partial charge on any atom is 0.313 e. The highest BCUT2D eigenvalue weighted by Gasteiger charge is 2.01. The quantitative estimate of drug-likeness (QED) is 0.495. The zero-order valence-electron chi connectivity index (χ0n) is 9.30. The molecule has 1 heterocycles. The molecule has 0 unspecified atom stereocenters. The summed E-state index contributed by atoms with van der Waals surface area (Å²) in [6, 6.07) is 7.66. The fraction of sp³-hybridized carbons (Fsp3) is 0.167. The number of fused-ring (bicyclic) bond motifs is 1. The second-order valence-corrected chi connectivity index (χ2v) is 5.69. The van der Waals surface area contributed by atoms with Crippen LogP contribution in [0, 0.1) is 3.57 Å². The number of thioether (sulfide) groups is 1. The number of ether oxygens (including phenoxy) is 1. The van der Waals surface area contributed by atoms with Gasteiger partial charge in [-0.3, -0.25) is 9.78 Å². The Kier molecular flexibility index (Phi) is 4.65. The van der Waals surface area contributed by atoms with E-state index in [1.54, 1.807) is 0 Å². The fourth-order valence-electron chi connectivity index (χ4n) is 1.41. The average molecular weight is 375 g/mol. The zero-order chi connectivity index (χ0) is 13.0. The Balaban J connectivity index is 2.03. The van der Waals surface area contributed by atoms with Gasteiger partial charge in [-0.25, -0.2) is 0 Å². The van der Waals surface area contributed by atoms with Crippen LogP contribution in [-0.2, 0) is 4.79 Å². The summed E-state index contributed by atoms with van der Waals surface area (Å²) in [5.74, 6) is 0.271. The van der Waals surface area contributed by atoms with Crippen molar-refractivity contribution in [2.24, 2.45) is 0 Å². The van der Waals surface area contributed by atoms with Gasteiger partial charge in [-0.05, 0) is 46.9 Å². The molecule has 0 spiro atoms. The maximum absolute atomic E-state index is 10.3. The minimum absolute atomic E-state index is 0.0486. The van der Waals surface area contributed by atoms with Gasteiger partial charge in [0.15, 0.2) is 0 Å². The molecule has 6 heteroatoms. The molecule has 0 aliphatic carbocycles. The van der Waals surface area contributed by atoms with Crippen molar-refractivity contribution in [3.8, 4) is 5.75 Å². The lowest BCUT2D eigenvalue weighted by molar-refractivity contribution is -0.133. The second kappa shape index (κ2) is 6.24. The molecule has 0 saturated heterocycles. The van der Waals surface area contributed by atoms with Crippen LogP contribution in [0.1, 0.15) is 0 Å². The molecule has 0 aliphatic rings. The van der Waals surface area contributed by atoms with E-state index in [0.29, 0.717) is 5.94 Å². The van der Waals surface area contributed by atoms with Crippen LogP contribution in [0.3, 0.4) is 0 Å². The first-order valence-electron chi connectivity index (χ1n) is 5.13. The summed E-state index contributed by atoms with van der Waals surface area (Å²) < 4.78 is 6.54. The summed E-state index contributed by atoms with van der Waals surface area (Å²) in [4.78, 5) is 14.6. The standard InChI is InChI=1S/C12H10INO3S/c13-9-3-8-4-10(1-2-11(8)14-5-9)17-7-18-6-12(15)16/h1-5H,6-7H2,(H,15,16). The number of hydrogen-bond acceptors (Lipinski definition) is 4. The monoisotopic (exact) mass is 375 g/mol. The molecule has 0 aliphatic heterocycles. The molecular weight excluding hydrogens is 365 g/mol. The summed E-state index contributed by atoms with van der Waals surface area (Å²) in [6.07, 6.45) is 1.81. The predicted molar refractivity (Wildman–Crippen MR) is 80.0 cm³/mol. The van der Waals surface area contributed by atoms with Gasteiger partial charge in [-0.2, -0.15) is 0 Å². The molecule has 0 bridgehead atoms. The number of nitrogens with zero attached hydrogens (tertiary/aromatic N) is 1. The third kappa shape index (κ3) is 3.74. The lowest BCUT2D eigenvalue weighted by atomic mass is 10.2. The van der Waals surface area contributed by atoms with Gasteiger partial charge in [-0.1, -0.05) is 0 Å². The third-order valence-electron chi connectivity index (χ3n) is 2.15. The van der Waals surface area contributed by atoms with Crippen LogP contribution >= 0.6 is 34.4 Å². The highest BCUT2D eigenvalue weighted by Crippen LogP contribution is 2.21. The van der Waals surface area contributed by atoms with Gasteiger partial charge in [0.1, 0.15) is 11.7 Å². The molecule has 0 saturated carbocycles. The Morgan fingerprint density at radius 1 is 1.44 bits per heavy atom. The van der Waals surface area contributed by atoms with Crippen LogP contribution in [-0.4, -0.2) is 27.8 Å². The lowest BCUT2D eigenvalue weighted by Crippen LogP contribution is -2.01. The van der Waals surface area contributed by atoms with E-state index in [2.05, 4.69) is 27.6 Å². The van der Waals surface area contributed by atoms with Crippen LogP contribution in [0.4, 0.5) is 0 Å². The minimum atomic E-state index is -0.833. The number of aliphatic carboxylic acids is 1. The van der Waals surface area contributed by atoms with Crippen LogP contribution < -0.4 is 4.74 Å². The number of hydrogen-bond donors (Lipinski definition) is 1. The van der Waals surface area contributed by atoms with Gasteiger partial charge in [0.2, 0.25) is 0 Å². The Morgan fingerprint density at radius 3 is 3.06 bits per heavy atom. The molecule has 4 nitrogen and oxygen atoms in total. The van der Waals surface area contributed by atoms with E-state index in [1.807, 2.05) is 30.5 Å². The predicted octanol–water partition coefficient (Wildman–Crippen LogP) is 2.99. The van der Waals surface area contributed by atoms with Crippen molar-refractivity contribution in [3.63, 3.8) is 0 Å². The van der Waals surface area contributed by atoms with E-state index >= 15 is 0 Å². The first-order chi connectivity index (χ1) is 8.65. The Morgan fingerprint density at radius 2 is 2.28 bits per heavy atom. The third-order valence-corrected chi connectivity index (χ3v) is 3.48. The number of carbonyl (C=O) groups is 1. The van der Waals surface area contributed by atoms with Gasteiger partial charge in [0.25, 0.3) is 0 Å². The van der Waals surface area contributed by atoms with Crippen LogP contribution in [0.5, 0.6) is 5.75 Å². The van der Waals surface area contributed by atoms with Crippen LogP contribution in [0.15, 0.2) is 30.5 Å². The van der Waals surface area contributed by atoms with Gasteiger partial charge >= 0.3 is 5.97 Å². The second-order valence-electron chi connectivity index (χ2n) is 3.51. The van der Waals surface area contributed by atoms with E-state index < -0.39 is 5.97 Å². The Bertz CT molecular complexity index is 576. The minimum Gasteiger partial charge on any atom is -0.483 e. The van der Waals surface area contributed by atoms with E-state index in [-0.39, 0.29) is 5.75 Å². The van der Waals surface area contributed by atoms with Gasteiger partial charge in [0.05, 0.1) is 11.3 Å². The zero-order valence-corrected chi connectivity index (χ0v) is 12.3. The highest BCUT2D eigenvalue weighted by atomic mass is 127. The summed E-state index contributed by atoms with van der Waals surface area (Å²) >= 11 is 3.43. The van der Waals surface area contributed by atoms with Crippen molar-refractivity contribution in [1.82, 2.24) is 4.98 Å². The van der Waals surface area contributed by atoms with Crippen molar-refractivity contribution >= 4 is 51.2 Å². The molecule has 0 fully saturated rings. The molecule has 1 aromatic heterocycles. The molecule has 2 rings (SSSR count). The van der Waals surface area contributed by atoms with E-state index in [4.69, 9.17) is 9.84 Å². The number of carboxylic acids is 1. The molecule has 2 aromatic rings. The van der Waals surface area contributed by atoms with Crippen LogP contribution in [0.25, 0.3) is 10.9 Å². The number of halogens is 1. The number of aromatic nitrogens is 1. The number of benzene rings is 1. The molecule has 0 amide bonds. The number of carboxylic acid groups (broad SMARTS) is 1. The molecule has 1 aromatic carbocycles. The molecule has 0 radical (unpaired) electrons. The Labute approximate surface area is 122 Å². The topological polar surface area (TPSA) is 59.4 Å². The average Bonchev–Trinajstić information content (AvgIpc) is 2.34. The van der Waals surface area contributed by atoms with Crippen molar-refractivity contribution in [1.29, 1.82) is 0 Å². The summed E-state index contributed by atoms with van der Waals surface area (Å²) in [5, 5.41) is 9.51. The van der Waals surface area contributed by atoms with Gasteiger partial charge in [-0.15, -0.1) is 11.8 Å². The van der Waals surface area contributed by atoms with E-state index in [0.717, 1.165) is 20.2 Å². The highest BCUT2D eigenvalue weighted by molar-refractivity contribution is 14.1. The molecule has 1 N–H and O–H groups in total. The molecule has 18 heavy (non-hydrogen) atoms. The van der Waals surface area contributed by atoms with Crippen molar-refractivity contribution in [2.75, 3.05) is 11.7 Å². The van der Waals surface area contributed by atoms with Crippen molar-refractivity contribution in [2.45, 2.75) is 0 Å². The van der Waals surface area contributed by atoms with Crippen molar-refractivity contribution in [3.05, 3.63) is 34.0 Å². The Hall–Kier alpha value is -1.02. The SMILES string of the molecule is O=C(O)CSCOc1ccc2ncc(I)cc2c1. The first kappa shape index (κ1) is 13.4. The van der Waals surface area contributed by atoms with E-state index in [1.165, 1.54) is 11.8 Å². The van der Waals surface area contributed by atoms with Gasteiger partial charge in [0, 0.05) is 15.2 Å². The van der Waals surface area contributed by atoms with Crippen molar-refractivity contribution < 1.29 is 14.6 Å². The molecule has 94 valence electrons. The largest absolute Gasteiger partial charge is 0.483 e. The van der Waals surface area contributed by atoms with Gasteiger partial charge < -0.3 is 9.84 Å². The normalized spacial score (nSPS) is 10.5. The summed E-state index contributed by atoms with van der Waals surface area (Å²) in [6.45, 7) is 0. The lowest BCUT2D eigenvalue weighted by Gasteiger charge is -2.06. The fourth-order valence-corrected chi connectivity index (χ4v) is 2.36. The summed E-state index contributed by atoms with van der Waals surface area (Å²) in [7, 11) is 0. The number of pyridine rings is 1.